The minimum atomic E-state index is -0.311. The van der Waals surface area contributed by atoms with Crippen LogP contribution in [0.5, 0.6) is 5.75 Å². The monoisotopic (exact) mass is 246 g/mol. The van der Waals surface area contributed by atoms with Crippen molar-refractivity contribution in [2.45, 2.75) is 38.2 Å². The van der Waals surface area contributed by atoms with Crippen LogP contribution in [0.3, 0.4) is 0 Å². The predicted octanol–water partition coefficient (Wildman–Crippen LogP) is 3.25. The number of rotatable bonds is 5. The van der Waals surface area contributed by atoms with Crippen LogP contribution in [-0.2, 0) is 0 Å². The van der Waals surface area contributed by atoms with Crippen LogP contribution in [0.2, 0.25) is 0 Å². The molecule has 2 fully saturated rings. The standard InChI is InChI=1S/C16H22O2/c17-15(11-18-16-4-2-1-3-5-16)10-14-9-12-6-7-13(14)8-12/h1-5,12-15,17H,6-11H2. The predicted molar refractivity (Wildman–Crippen MR) is 71.5 cm³/mol. The van der Waals surface area contributed by atoms with Crippen LogP contribution < -0.4 is 4.74 Å². The summed E-state index contributed by atoms with van der Waals surface area (Å²) in [6.07, 6.45) is 6.19. The molecule has 98 valence electrons. The van der Waals surface area contributed by atoms with E-state index in [9.17, 15) is 5.11 Å². The summed E-state index contributed by atoms with van der Waals surface area (Å²) in [5.74, 6) is 3.45. The first kappa shape index (κ1) is 12.0. The van der Waals surface area contributed by atoms with E-state index in [0.29, 0.717) is 6.61 Å². The van der Waals surface area contributed by atoms with Crippen LogP contribution in [-0.4, -0.2) is 17.8 Å². The SMILES string of the molecule is OC(COc1ccccc1)CC1CC2CCC1C2. The zero-order chi connectivity index (χ0) is 12.4. The van der Waals surface area contributed by atoms with E-state index in [4.69, 9.17) is 4.74 Å². The molecule has 0 aromatic heterocycles. The van der Waals surface area contributed by atoms with Gasteiger partial charge in [-0.2, -0.15) is 0 Å². The first-order chi connectivity index (χ1) is 8.81. The van der Waals surface area contributed by atoms with Crippen molar-refractivity contribution in [3.05, 3.63) is 30.3 Å². The molecular weight excluding hydrogens is 224 g/mol. The summed E-state index contributed by atoms with van der Waals surface area (Å²) in [7, 11) is 0. The van der Waals surface area contributed by atoms with E-state index in [1.54, 1.807) is 0 Å². The molecule has 2 aliphatic rings. The summed E-state index contributed by atoms with van der Waals surface area (Å²) in [5, 5.41) is 10.1. The van der Waals surface area contributed by atoms with E-state index in [-0.39, 0.29) is 6.10 Å². The third-order valence-corrected chi connectivity index (χ3v) is 4.64. The lowest BCUT2D eigenvalue weighted by atomic mass is 9.85. The van der Waals surface area contributed by atoms with Gasteiger partial charge in [-0.1, -0.05) is 24.6 Å². The molecule has 2 heteroatoms. The highest BCUT2D eigenvalue weighted by atomic mass is 16.5. The van der Waals surface area contributed by atoms with Gasteiger partial charge in [-0.3, -0.25) is 0 Å². The van der Waals surface area contributed by atoms with Gasteiger partial charge in [0.25, 0.3) is 0 Å². The fraction of sp³-hybridized carbons (Fsp3) is 0.625. The van der Waals surface area contributed by atoms with E-state index < -0.39 is 0 Å². The lowest BCUT2D eigenvalue weighted by Gasteiger charge is -2.24. The number of hydrogen-bond donors (Lipinski definition) is 1. The maximum absolute atomic E-state index is 10.1. The van der Waals surface area contributed by atoms with Gasteiger partial charge in [0.2, 0.25) is 0 Å². The number of aliphatic hydroxyl groups excluding tert-OH is 1. The second kappa shape index (κ2) is 5.31. The van der Waals surface area contributed by atoms with E-state index in [1.807, 2.05) is 30.3 Å². The van der Waals surface area contributed by atoms with E-state index in [2.05, 4.69) is 0 Å². The molecule has 2 bridgehead atoms. The third-order valence-electron chi connectivity index (χ3n) is 4.64. The zero-order valence-electron chi connectivity index (χ0n) is 10.8. The van der Waals surface area contributed by atoms with Crippen LogP contribution >= 0.6 is 0 Å². The molecular formula is C16H22O2. The fourth-order valence-corrected chi connectivity index (χ4v) is 3.79. The number of ether oxygens (including phenoxy) is 1. The third kappa shape index (κ3) is 2.69. The van der Waals surface area contributed by atoms with E-state index in [0.717, 1.165) is 29.9 Å². The summed E-state index contributed by atoms with van der Waals surface area (Å²) in [4.78, 5) is 0. The van der Waals surface area contributed by atoms with Gasteiger partial charge in [-0.25, -0.2) is 0 Å². The van der Waals surface area contributed by atoms with Gasteiger partial charge < -0.3 is 9.84 Å². The Morgan fingerprint density at radius 2 is 2.00 bits per heavy atom. The number of hydrogen-bond acceptors (Lipinski definition) is 2. The van der Waals surface area contributed by atoms with E-state index in [1.165, 1.54) is 25.7 Å². The summed E-state index contributed by atoms with van der Waals surface area (Å²) in [6.45, 7) is 0.428. The first-order valence-corrected chi connectivity index (χ1v) is 7.17. The lowest BCUT2D eigenvalue weighted by molar-refractivity contribution is 0.0748. The van der Waals surface area contributed by atoms with Crippen molar-refractivity contribution >= 4 is 0 Å². The minimum Gasteiger partial charge on any atom is -0.491 e. The molecule has 0 aliphatic heterocycles. The normalized spacial score (nSPS) is 31.5. The average Bonchev–Trinajstić information content (AvgIpc) is 3.00. The molecule has 0 amide bonds. The molecule has 2 nitrogen and oxygen atoms in total. The molecule has 1 N–H and O–H groups in total. The molecule has 3 rings (SSSR count). The first-order valence-electron chi connectivity index (χ1n) is 7.17. The van der Waals surface area contributed by atoms with Crippen LogP contribution in [0.15, 0.2) is 30.3 Å². The van der Waals surface area contributed by atoms with Gasteiger partial charge in [0.05, 0.1) is 6.10 Å². The van der Waals surface area contributed by atoms with Crippen LogP contribution in [0.1, 0.15) is 32.1 Å². The van der Waals surface area contributed by atoms with Crippen molar-refractivity contribution in [3.8, 4) is 5.75 Å². The molecule has 4 unspecified atom stereocenters. The second-order valence-electron chi connectivity index (χ2n) is 5.95. The van der Waals surface area contributed by atoms with Crippen molar-refractivity contribution in [1.82, 2.24) is 0 Å². The number of fused-ring (bicyclic) bond motifs is 2. The Labute approximate surface area is 109 Å². The smallest absolute Gasteiger partial charge is 0.119 e. The van der Waals surface area contributed by atoms with E-state index >= 15 is 0 Å². The summed E-state index contributed by atoms with van der Waals surface area (Å²) in [6, 6.07) is 9.75. The number of aliphatic hydroxyl groups is 1. The van der Waals surface area contributed by atoms with Gasteiger partial charge in [0.15, 0.2) is 0 Å². The van der Waals surface area contributed by atoms with Crippen LogP contribution in [0.4, 0.5) is 0 Å². The molecule has 0 heterocycles. The van der Waals surface area contributed by atoms with Crippen molar-refractivity contribution < 1.29 is 9.84 Å². The van der Waals surface area contributed by atoms with Crippen LogP contribution in [0, 0.1) is 17.8 Å². The summed E-state index contributed by atoms with van der Waals surface area (Å²) in [5.41, 5.74) is 0. The van der Waals surface area contributed by atoms with Crippen molar-refractivity contribution in [2.75, 3.05) is 6.61 Å². The highest BCUT2D eigenvalue weighted by molar-refractivity contribution is 5.20. The van der Waals surface area contributed by atoms with Crippen LogP contribution in [0.25, 0.3) is 0 Å². The van der Waals surface area contributed by atoms with Crippen molar-refractivity contribution in [1.29, 1.82) is 0 Å². The molecule has 1 aromatic carbocycles. The Kier molecular flexibility index (Phi) is 3.55. The number of benzene rings is 1. The Hall–Kier alpha value is -1.02. The fourth-order valence-electron chi connectivity index (χ4n) is 3.79. The largest absolute Gasteiger partial charge is 0.491 e. The Balaban J connectivity index is 1.43. The maximum atomic E-state index is 10.1. The number of para-hydroxylation sites is 1. The highest BCUT2D eigenvalue weighted by Crippen LogP contribution is 2.49. The average molecular weight is 246 g/mol. The molecule has 2 aliphatic carbocycles. The second-order valence-corrected chi connectivity index (χ2v) is 5.95. The molecule has 18 heavy (non-hydrogen) atoms. The highest BCUT2D eigenvalue weighted by Gasteiger charge is 2.39. The molecule has 0 saturated heterocycles. The zero-order valence-corrected chi connectivity index (χ0v) is 10.8. The summed E-state index contributed by atoms with van der Waals surface area (Å²) < 4.78 is 5.61. The Morgan fingerprint density at radius 1 is 1.17 bits per heavy atom. The minimum absolute atomic E-state index is 0.311. The molecule has 0 spiro atoms. The van der Waals surface area contributed by atoms with Gasteiger partial charge in [0, 0.05) is 0 Å². The molecule has 4 atom stereocenters. The van der Waals surface area contributed by atoms with Gasteiger partial charge in [-0.15, -0.1) is 0 Å². The van der Waals surface area contributed by atoms with Gasteiger partial charge in [-0.05, 0) is 55.6 Å². The quantitative estimate of drug-likeness (QED) is 0.864. The molecule has 1 aromatic rings. The Morgan fingerprint density at radius 3 is 2.67 bits per heavy atom. The lowest BCUT2D eigenvalue weighted by Crippen LogP contribution is -2.23. The van der Waals surface area contributed by atoms with Crippen molar-refractivity contribution in [2.24, 2.45) is 17.8 Å². The van der Waals surface area contributed by atoms with Crippen molar-refractivity contribution in [3.63, 3.8) is 0 Å². The topological polar surface area (TPSA) is 29.5 Å². The van der Waals surface area contributed by atoms with Gasteiger partial charge >= 0.3 is 0 Å². The van der Waals surface area contributed by atoms with Gasteiger partial charge in [0.1, 0.15) is 12.4 Å². The maximum Gasteiger partial charge on any atom is 0.119 e. The molecule has 0 radical (unpaired) electrons. The summed E-state index contributed by atoms with van der Waals surface area (Å²) >= 11 is 0. The Bertz CT molecular complexity index is 376. The molecule has 2 saturated carbocycles.